The van der Waals surface area contributed by atoms with Crippen LogP contribution in [0.25, 0.3) is 5.69 Å². The molecule has 0 bridgehead atoms. The minimum absolute atomic E-state index is 0.0148. The Bertz CT molecular complexity index is 1070. The van der Waals surface area contributed by atoms with E-state index in [4.69, 9.17) is 4.74 Å². The minimum Gasteiger partial charge on any atom is -0.444 e. The van der Waals surface area contributed by atoms with Crippen LogP contribution in [0.4, 0.5) is 18.0 Å². The van der Waals surface area contributed by atoms with E-state index >= 15 is 0 Å². The normalized spacial score (nSPS) is 15.0. The number of nitrogens with one attached hydrogen (secondary N) is 1. The summed E-state index contributed by atoms with van der Waals surface area (Å²) in [6, 6.07) is 8.19. The highest BCUT2D eigenvalue weighted by Crippen LogP contribution is 2.31. The third-order valence-corrected chi connectivity index (χ3v) is 5.74. The molecule has 1 fully saturated rings. The molecule has 0 atom stereocenters. The van der Waals surface area contributed by atoms with Crippen molar-refractivity contribution in [2.75, 3.05) is 19.6 Å². The lowest BCUT2D eigenvalue weighted by Crippen LogP contribution is -2.43. The van der Waals surface area contributed by atoms with Crippen molar-refractivity contribution in [3.05, 3.63) is 47.8 Å². The summed E-state index contributed by atoms with van der Waals surface area (Å²) in [5, 5.41) is 6.03. The number of amides is 2. The molecule has 2 aromatic rings. The molecule has 1 N–H and O–H groups in total. The number of benzene rings is 1. The van der Waals surface area contributed by atoms with Gasteiger partial charge in [-0.2, -0.15) is 18.3 Å². The number of alkyl halides is 3. The number of nitrogens with zero attached hydrogens (tertiary/aromatic N) is 3. The van der Waals surface area contributed by atoms with Crippen molar-refractivity contribution in [2.45, 2.75) is 58.2 Å². The first-order valence-electron chi connectivity index (χ1n) is 11.9. The van der Waals surface area contributed by atoms with E-state index in [1.807, 2.05) is 0 Å². The van der Waals surface area contributed by atoms with Crippen LogP contribution in [0.1, 0.15) is 62.5 Å². The zero-order valence-electron chi connectivity index (χ0n) is 20.6. The highest BCUT2D eigenvalue weighted by Gasteiger charge is 2.39. The second-order valence-electron chi connectivity index (χ2n) is 9.74. The number of hydrogen-bond acceptors (Lipinski definition) is 5. The first-order valence-corrected chi connectivity index (χ1v) is 11.9. The summed E-state index contributed by atoms with van der Waals surface area (Å²) >= 11 is 0. The van der Waals surface area contributed by atoms with Crippen LogP contribution in [0.15, 0.2) is 36.5 Å². The fraction of sp³-hybridized carbons (Fsp3) is 0.520. The van der Waals surface area contributed by atoms with Crippen LogP contribution in [0.3, 0.4) is 0 Å². The van der Waals surface area contributed by atoms with Gasteiger partial charge in [-0.1, -0.05) is 18.2 Å². The molecule has 11 heteroatoms. The number of carbonyl (C=O) groups is 3. The Morgan fingerprint density at radius 2 is 1.72 bits per heavy atom. The largest absolute Gasteiger partial charge is 0.444 e. The number of rotatable bonds is 7. The summed E-state index contributed by atoms with van der Waals surface area (Å²) in [6.45, 7) is 6.27. The topological polar surface area (TPSA) is 93.5 Å². The number of likely N-dealkylation sites (tertiary alicyclic amines) is 1. The maximum absolute atomic E-state index is 13.5. The number of ketones is 1. The van der Waals surface area contributed by atoms with E-state index < -0.39 is 35.0 Å². The highest BCUT2D eigenvalue weighted by atomic mass is 19.4. The standard InChI is InChI=1S/C25H31F3N4O4/c1-24(2,3)36-23(35)31-14-11-17(12-15-31)20(33)10-7-13-29-22(34)19-16-32(18-8-5-4-6-9-18)30-21(19)25(26,27)28/h4-6,8-9,16-17H,7,10-15H2,1-3H3,(H,29,34). The van der Waals surface area contributed by atoms with Gasteiger partial charge in [-0.25, -0.2) is 9.48 Å². The first-order chi connectivity index (χ1) is 16.8. The maximum atomic E-state index is 13.5. The number of halogens is 3. The Hall–Kier alpha value is -3.37. The smallest absolute Gasteiger partial charge is 0.435 e. The third kappa shape index (κ3) is 7.32. The second-order valence-corrected chi connectivity index (χ2v) is 9.74. The molecule has 1 aromatic heterocycles. The maximum Gasteiger partial charge on any atom is 0.435 e. The lowest BCUT2D eigenvalue weighted by molar-refractivity contribution is -0.141. The Labute approximate surface area is 207 Å². The van der Waals surface area contributed by atoms with Gasteiger partial charge in [0.1, 0.15) is 11.4 Å². The number of piperidine rings is 1. The van der Waals surface area contributed by atoms with Crippen LogP contribution in [0, 0.1) is 5.92 Å². The van der Waals surface area contributed by atoms with Crippen LogP contribution in [-0.4, -0.2) is 57.7 Å². The van der Waals surface area contributed by atoms with Crippen molar-refractivity contribution in [3.8, 4) is 5.69 Å². The first kappa shape index (κ1) is 27.2. The highest BCUT2D eigenvalue weighted by molar-refractivity contribution is 5.95. The number of Topliss-reactive ketones (excluding diaryl/α,β-unsaturated/α-hetero) is 1. The molecule has 8 nitrogen and oxygen atoms in total. The predicted molar refractivity (Wildman–Crippen MR) is 126 cm³/mol. The predicted octanol–water partition coefficient (Wildman–Crippen LogP) is 4.62. The average Bonchev–Trinajstić information content (AvgIpc) is 3.28. The molecule has 2 heterocycles. The molecular formula is C25H31F3N4O4. The quantitative estimate of drug-likeness (QED) is 0.551. The number of carbonyl (C=O) groups excluding carboxylic acids is 3. The van der Waals surface area contributed by atoms with Gasteiger partial charge in [0.25, 0.3) is 5.91 Å². The minimum atomic E-state index is -4.79. The molecular weight excluding hydrogens is 477 g/mol. The van der Waals surface area contributed by atoms with E-state index in [2.05, 4.69) is 10.4 Å². The van der Waals surface area contributed by atoms with Crippen molar-refractivity contribution >= 4 is 17.8 Å². The molecule has 2 amide bonds. The summed E-state index contributed by atoms with van der Waals surface area (Å²) in [5.74, 6) is -1.08. The molecule has 1 aromatic carbocycles. The molecule has 196 valence electrons. The summed E-state index contributed by atoms with van der Waals surface area (Å²) in [4.78, 5) is 38.8. The Morgan fingerprint density at radius 1 is 1.08 bits per heavy atom. The van der Waals surface area contributed by atoms with Crippen molar-refractivity contribution in [1.29, 1.82) is 0 Å². The van der Waals surface area contributed by atoms with Crippen molar-refractivity contribution in [2.24, 2.45) is 5.92 Å². The van der Waals surface area contributed by atoms with Crippen molar-refractivity contribution < 1.29 is 32.3 Å². The molecule has 0 radical (unpaired) electrons. The van der Waals surface area contributed by atoms with E-state index in [-0.39, 0.29) is 24.7 Å². The molecule has 36 heavy (non-hydrogen) atoms. The van der Waals surface area contributed by atoms with E-state index in [1.165, 1.54) is 0 Å². The van der Waals surface area contributed by atoms with E-state index in [9.17, 15) is 27.6 Å². The summed E-state index contributed by atoms with van der Waals surface area (Å²) in [7, 11) is 0. The molecule has 0 saturated carbocycles. The number of hydrogen-bond donors (Lipinski definition) is 1. The zero-order valence-corrected chi connectivity index (χ0v) is 20.6. The lowest BCUT2D eigenvalue weighted by Gasteiger charge is -2.33. The molecule has 1 aliphatic heterocycles. The van der Waals surface area contributed by atoms with Crippen LogP contribution in [0.5, 0.6) is 0 Å². The number of para-hydroxylation sites is 1. The molecule has 1 aliphatic rings. The monoisotopic (exact) mass is 508 g/mol. The van der Waals surface area contributed by atoms with Gasteiger partial charge in [-0.15, -0.1) is 0 Å². The Balaban J connectivity index is 1.48. The zero-order chi connectivity index (χ0) is 26.5. The number of ether oxygens (including phenoxy) is 1. The van der Waals surface area contributed by atoms with Crippen LogP contribution in [0.2, 0.25) is 0 Å². The van der Waals surface area contributed by atoms with Gasteiger partial charge in [0.15, 0.2) is 5.69 Å². The van der Waals surface area contributed by atoms with Gasteiger partial charge in [-0.3, -0.25) is 9.59 Å². The Kier molecular flexibility index (Phi) is 8.42. The summed E-state index contributed by atoms with van der Waals surface area (Å²) < 4.78 is 46.8. The SMILES string of the molecule is CC(C)(C)OC(=O)N1CCC(C(=O)CCCNC(=O)c2cn(-c3ccccc3)nc2C(F)(F)F)CC1. The van der Waals surface area contributed by atoms with Crippen LogP contribution >= 0.6 is 0 Å². The van der Waals surface area contributed by atoms with E-state index in [0.717, 1.165) is 10.9 Å². The van der Waals surface area contributed by atoms with Crippen molar-refractivity contribution in [3.63, 3.8) is 0 Å². The number of aromatic nitrogens is 2. The molecule has 0 spiro atoms. The Morgan fingerprint density at radius 3 is 2.31 bits per heavy atom. The average molecular weight is 509 g/mol. The fourth-order valence-corrected chi connectivity index (χ4v) is 3.94. The van der Waals surface area contributed by atoms with E-state index in [0.29, 0.717) is 38.0 Å². The van der Waals surface area contributed by atoms with Gasteiger partial charge in [0.2, 0.25) is 0 Å². The van der Waals surface area contributed by atoms with Crippen LogP contribution < -0.4 is 5.32 Å². The fourth-order valence-electron chi connectivity index (χ4n) is 3.94. The molecule has 1 saturated heterocycles. The van der Waals surface area contributed by atoms with Gasteiger partial charge >= 0.3 is 12.3 Å². The summed E-state index contributed by atoms with van der Waals surface area (Å²) in [6.07, 6.45) is -2.60. The van der Waals surface area contributed by atoms with Gasteiger partial charge in [0.05, 0.1) is 11.3 Å². The van der Waals surface area contributed by atoms with Gasteiger partial charge < -0.3 is 15.0 Å². The summed E-state index contributed by atoms with van der Waals surface area (Å²) in [5.41, 5.74) is -2.04. The van der Waals surface area contributed by atoms with Crippen molar-refractivity contribution in [1.82, 2.24) is 20.0 Å². The molecule has 3 rings (SSSR count). The van der Waals surface area contributed by atoms with E-state index in [1.54, 1.807) is 56.0 Å². The third-order valence-electron chi connectivity index (χ3n) is 5.74. The second kappa shape index (κ2) is 11.1. The molecule has 0 unspecified atom stereocenters. The van der Waals surface area contributed by atoms with Gasteiger partial charge in [-0.05, 0) is 52.2 Å². The van der Waals surface area contributed by atoms with Crippen LogP contribution in [-0.2, 0) is 15.7 Å². The van der Waals surface area contributed by atoms with Gasteiger partial charge in [0, 0.05) is 38.2 Å². The lowest BCUT2D eigenvalue weighted by atomic mass is 9.90. The molecule has 0 aliphatic carbocycles.